The highest BCUT2D eigenvalue weighted by molar-refractivity contribution is 5.23. The third-order valence-electron chi connectivity index (χ3n) is 3.18. The second-order valence-corrected chi connectivity index (χ2v) is 4.85. The molecule has 0 bridgehead atoms. The molecular formula is C11H19N3O. The topological polar surface area (TPSA) is 51.9 Å². The van der Waals surface area contributed by atoms with Crippen molar-refractivity contribution in [1.29, 1.82) is 0 Å². The average Bonchev–Trinajstić information content (AvgIpc) is 2.52. The fourth-order valence-corrected chi connectivity index (χ4v) is 2.34. The standard InChI is InChI=1S/C11H19N3O/c1-7(2)6-9-10-8(4-5-14(9)3)11(15)13-12-10/h7,9H,4-6H2,1-3H3,(H2,12,13,15). The monoisotopic (exact) mass is 209 g/mol. The van der Waals surface area contributed by atoms with Crippen LogP contribution in [0.25, 0.3) is 0 Å². The number of fused-ring (bicyclic) bond motifs is 1. The number of aromatic amines is 2. The normalized spacial score (nSPS) is 22.0. The Hall–Kier alpha value is -1.03. The molecule has 0 radical (unpaired) electrons. The summed E-state index contributed by atoms with van der Waals surface area (Å²) in [5, 5.41) is 5.73. The third kappa shape index (κ3) is 1.86. The summed E-state index contributed by atoms with van der Waals surface area (Å²) in [6, 6.07) is 0.368. The number of likely N-dealkylation sites (N-methyl/N-ethyl adjacent to an activating group) is 1. The van der Waals surface area contributed by atoms with Crippen molar-refractivity contribution >= 4 is 0 Å². The third-order valence-corrected chi connectivity index (χ3v) is 3.18. The van der Waals surface area contributed by atoms with E-state index in [1.54, 1.807) is 0 Å². The van der Waals surface area contributed by atoms with Crippen LogP contribution in [0.3, 0.4) is 0 Å². The minimum atomic E-state index is 0.0619. The van der Waals surface area contributed by atoms with Crippen LogP contribution in [0.1, 0.15) is 37.6 Å². The van der Waals surface area contributed by atoms with Crippen LogP contribution >= 0.6 is 0 Å². The molecule has 1 aliphatic heterocycles. The Balaban J connectivity index is 2.33. The molecule has 0 aliphatic carbocycles. The van der Waals surface area contributed by atoms with Crippen molar-refractivity contribution in [2.24, 2.45) is 5.92 Å². The van der Waals surface area contributed by atoms with E-state index in [-0.39, 0.29) is 5.56 Å². The Kier molecular flexibility index (Phi) is 2.69. The maximum atomic E-state index is 11.5. The van der Waals surface area contributed by atoms with Gasteiger partial charge in [-0.25, -0.2) is 0 Å². The highest BCUT2D eigenvalue weighted by Gasteiger charge is 2.28. The Bertz CT molecular complexity index is 391. The van der Waals surface area contributed by atoms with Gasteiger partial charge in [-0.3, -0.25) is 14.8 Å². The van der Waals surface area contributed by atoms with Gasteiger partial charge in [-0.1, -0.05) is 13.8 Å². The van der Waals surface area contributed by atoms with E-state index in [1.165, 1.54) is 0 Å². The van der Waals surface area contributed by atoms with E-state index in [4.69, 9.17) is 0 Å². The highest BCUT2D eigenvalue weighted by Crippen LogP contribution is 2.30. The lowest BCUT2D eigenvalue weighted by Crippen LogP contribution is -2.34. The second-order valence-electron chi connectivity index (χ2n) is 4.85. The maximum absolute atomic E-state index is 11.5. The van der Waals surface area contributed by atoms with Crippen molar-refractivity contribution < 1.29 is 0 Å². The Morgan fingerprint density at radius 2 is 2.20 bits per heavy atom. The van der Waals surface area contributed by atoms with Gasteiger partial charge >= 0.3 is 0 Å². The van der Waals surface area contributed by atoms with Crippen LogP contribution in [0.4, 0.5) is 0 Å². The van der Waals surface area contributed by atoms with Crippen LogP contribution in [-0.2, 0) is 6.42 Å². The quantitative estimate of drug-likeness (QED) is 0.771. The molecule has 0 saturated carbocycles. The average molecular weight is 209 g/mol. The minimum Gasteiger partial charge on any atom is -0.300 e. The number of nitrogens with zero attached hydrogens (tertiary/aromatic N) is 1. The number of nitrogens with one attached hydrogen (secondary N) is 2. The number of H-pyrrole nitrogens is 2. The van der Waals surface area contributed by atoms with E-state index < -0.39 is 0 Å². The molecule has 84 valence electrons. The number of rotatable bonds is 2. The molecule has 1 atom stereocenters. The molecule has 1 aromatic heterocycles. The zero-order valence-corrected chi connectivity index (χ0v) is 9.63. The summed E-state index contributed by atoms with van der Waals surface area (Å²) in [5.41, 5.74) is 2.12. The number of hydrogen-bond donors (Lipinski definition) is 2. The van der Waals surface area contributed by atoms with Crippen LogP contribution in [-0.4, -0.2) is 28.7 Å². The molecule has 1 aromatic rings. The highest BCUT2D eigenvalue weighted by atomic mass is 16.1. The van der Waals surface area contributed by atoms with Gasteiger partial charge in [0.15, 0.2) is 0 Å². The van der Waals surface area contributed by atoms with Crippen LogP contribution < -0.4 is 5.56 Å². The molecule has 2 N–H and O–H groups in total. The summed E-state index contributed by atoms with van der Waals surface area (Å²) in [7, 11) is 2.13. The molecule has 1 aliphatic rings. The zero-order chi connectivity index (χ0) is 11.0. The summed E-state index contributed by atoms with van der Waals surface area (Å²) >= 11 is 0. The van der Waals surface area contributed by atoms with Gasteiger partial charge in [-0.2, -0.15) is 0 Å². The molecule has 0 aromatic carbocycles. The van der Waals surface area contributed by atoms with E-state index in [0.717, 1.165) is 30.6 Å². The Morgan fingerprint density at radius 1 is 1.47 bits per heavy atom. The molecule has 2 rings (SSSR count). The lowest BCUT2D eigenvalue weighted by molar-refractivity contribution is 0.198. The van der Waals surface area contributed by atoms with Crippen molar-refractivity contribution in [3.8, 4) is 0 Å². The van der Waals surface area contributed by atoms with Gasteiger partial charge in [0.05, 0.1) is 11.7 Å². The molecule has 4 nitrogen and oxygen atoms in total. The summed E-state index contributed by atoms with van der Waals surface area (Å²) < 4.78 is 0. The Morgan fingerprint density at radius 3 is 2.87 bits per heavy atom. The fraction of sp³-hybridized carbons (Fsp3) is 0.727. The van der Waals surface area contributed by atoms with E-state index in [0.29, 0.717) is 12.0 Å². The van der Waals surface area contributed by atoms with Crippen LogP contribution in [0.5, 0.6) is 0 Å². The fourth-order valence-electron chi connectivity index (χ4n) is 2.34. The van der Waals surface area contributed by atoms with Gasteiger partial charge < -0.3 is 5.10 Å². The van der Waals surface area contributed by atoms with Gasteiger partial charge in [0.2, 0.25) is 0 Å². The molecule has 4 heteroatoms. The molecule has 0 saturated heterocycles. The van der Waals surface area contributed by atoms with E-state index in [9.17, 15) is 4.79 Å². The first-order chi connectivity index (χ1) is 7.09. The van der Waals surface area contributed by atoms with Crippen molar-refractivity contribution in [2.45, 2.75) is 32.7 Å². The van der Waals surface area contributed by atoms with Crippen LogP contribution in [0.2, 0.25) is 0 Å². The Labute approximate surface area is 89.7 Å². The van der Waals surface area contributed by atoms with Gasteiger partial charge in [0.1, 0.15) is 0 Å². The number of hydrogen-bond acceptors (Lipinski definition) is 2. The molecular weight excluding hydrogens is 190 g/mol. The lowest BCUT2D eigenvalue weighted by Gasteiger charge is -2.32. The summed E-state index contributed by atoms with van der Waals surface area (Å²) in [6.45, 7) is 5.41. The molecule has 2 heterocycles. The largest absolute Gasteiger partial charge is 0.300 e. The predicted octanol–water partition coefficient (Wildman–Crippen LogP) is 1.28. The molecule has 0 amide bonds. The molecule has 0 spiro atoms. The predicted molar refractivity (Wildman–Crippen MR) is 59.9 cm³/mol. The SMILES string of the molecule is CC(C)CC1c2[nH][nH]c(=O)c2CCN1C. The first kappa shape index (κ1) is 10.5. The van der Waals surface area contributed by atoms with Gasteiger partial charge in [0.25, 0.3) is 5.56 Å². The van der Waals surface area contributed by atoms with Crippen LogP contribution in [0, 0.1) is 5.92 Å². The van der Waals surface area contributed by atoms with Crippen molar-refractivity contribution in [3.05, 3.63) is 21.6 Å². The first-order valence-corrected chi connectivity index (χ1v) is 5.59. The number of aromatic nitrogens is 2. The minimum absolute atomic E-state index is 0.0619. The van der Waals surface area contributed by atoms with E-state index in [1.807, 2.05) is 0 Å². The second kappa shape index (κ2) is 3.85. The van der Waals surface area contributed by atoms with Crippen molar-refractivity contribution in [1.82, 2.24) is 15.1 Å². The molecule has 15 heavy (non-hydrogen) atoms. The lowest BCUT2D eigenvalue weighted by atomic mass is 9.93. The van der Waals surface area contributed by atoms with Crippen molar-refractivity contribution in [3.63, 3.8) is 0 Å². The smallest absolute Gasteiger partial charge is 0.267 e. The summed E-state index contributed by atoms with van der Waals surface area (Å²) in [4.78, 5) is 13.8. The van der Waals surface area contributed by atoms with Gasteiger partial charge in [-0.05, 0) is 25.8 Å². The summed E-state index contributed by atoms with van der Waals surface area (Å²) in [6.07, 6.45) is 1.95. The molecule has 0 fully saturated rings. The first-order valence-electron chi connectivity index (χ1n) is 5.59. The molecule has 1 unspecified atom stereocenters. The van der Waals surface area contributed by atoms with E-state index in [2.05, 4.69) is 36.0 Å². The van der Waals surface area contributed by atoms with Gasteiger partial charge in [-0.15, -0.1) is 0 Å². The zero-order valence-electron chi connectivity index (χ0n) is 9.63. The summed E-state index contributed by atoms with van der Waals surface area (Å²) in [5.74, 6) is 0.641. The maximum Gasteiger partial charge on any atom is 0.267 e. The van der Waals surface area contributed by atoms with Crippen LogP contribution in [0.15, 0.2) is 4.79 Å². The van der Waals surface area contributed by atoms with E-state index >= 15 is 0 Å². The van der Waals surface area contributed by atoms with Gasteiger partial charge in [0, 0.05) is 12.1 Å². The van der Waals surface area contributed by atoms with Crippen molar-refractivity contribution in [2.75, 3.05) is 13.6 Å².